The number of piperazine rings is 1. The second kappa shape index (κ2) is 8.05. The minimum Gasteiger partial charge on any atom is -0.339 e. The molecule has 9 heteroatoms. The molecule has 1 N–H and O–H groups in total. The van der Waals surface area contributed by atoms with E-state index in [1.807, 2.05) is 41.0 Å². The van der Waals surface area contributed by atoms with Gasteiger partial charge in [0.05, 0.1) is 6.54 Å². The molecule has 1 aromatic carbocycles. The number of piperidine rings is 1. The van der Waals surface area contributed by atoms with E-state index in [0.29, 0.717) is 32.0 Å². The van der Waals surface area contributed by atoms with Gasteiger partial charge in [0, 0.05) is 37.8 Å². The highest BCUT2D eigenvalue weighted by atomic mass is 16.2. The Bertz CT molecular complexity index is 848. The molecule has 0 saturated carbocycles. The molecule has 1 atom stereocenters. The van der Waals surface area contributed by atoms with Crippen molar-refractivity contribution in [2.24, 2.45) is 0 Å². The summed E-state index contributed by atoms with van der Waals surface area (Å²) in [5.41, 5.74) is 2.04. The quantitative estimate of drug-likeness (QED) is 0.803. The van der Waals surface area contributed by atoms with Crippen LogP contribution in [0.2, 0.25) is 0 Å². The first-order valence-electron chi connectivity index (χ1n) is 9.73. The van der Waals surface area contributed by atoms with Crippen LogP contribution >= 0.6 is 0 Å². The number of likely N-dealkylation sites (tertiary alicyclic amines) is 1. The Morgan fingerprint density at radius 3 is 2.86 bits per heavy atom. The normalized spacial score (nSPS) is 20.5. The summed E-state index contributed by atoms with van der Waals surface area (Å²) >= 11 is 0. The van der Waals surface area contributed by atoms with E-state index in [2.05, 4.69) is 20.7 Å². The fourth-order valence-electron chi connectivity index (χ4n) is 3.79. The van der Waals surface area contributed by atoms with Crippen molar-refractivity contribution < 1.29 is 9.59 Å². The average Bonchev–Trinajstić information content (AvgIpc) is 3.17. The molecule has 0 bridgehead atoms. The first kappa shape index (κ1) is 18.5. The molecular formula is C19H25N7O2. The van der Waals surface area contributed by atoms with Gasteiger partial charge < -0.3 is 15.1 Å². The average molecular weight is 383 g/mol. The fraction of sp³-hybridized carbons (Fsp3) is 0.526. The molecule has 3 heterocycles. The predicted octanol–water partition coefficient (Wildman–Crippen LogP) is 0.0713. The van der Waals surface area contributed by atoms with Crippen molar-refractivity contribution in [1.29, 1.82) is 0 Å². The summed E-state index contributed by atoms with van der Waals surface area (Å²) in [7, 11) is 0. The van der Waals surface area contributed by atoms with Crippen molar-refractivity contribution in [1.82, 2.24) is 35.3 Å². The Kier molecular flexibility index (Phi) is 5.34. The topological polar surface area (TPSA) is 96.3 Å². The lowest BCUT2D eigenvalue weighted by molar-refractivity contribution is -0.141. The summed E-state index contributed by atoms with van der Waals surface area (Å²) in [6.45, 7) is 5.25. The molecule has 148 valence electrons. The Labute approximate surface area is 163 Å². The van der Waals surface area contributed by atoms with Crippen LogP contribution < -0.4 is 5.32 Å². The number of nitrogens with one attached hydrogen (secondary N) is 1. The summed E-state index contributed by atoms with van der Waals surface area (Å²) in [5, 5.41) is 15.5. The minimum absolute atomic E-state index is 0.0415. The van der Waals surface area contributed by atoms with Crippen molar-refractivity contribution in [3.8, 4) is 11.4 Å². The number of nitrogens with zero attached hydrogens (tertiary/aromatic N) is 6. The molecule has 2 aliphatic rings. The van der Waals surface area contributed by atoms with Gasteiger partial charge >= 0.3 is 0 Å². The lowest BCUT2D eigenvalue weighted by Crippen LogP contribution is -2.57. The zero-order valence-electron chi connectivity index (χ0n) is 16.0. The Balaban J connectivity index is 1.38. The maximum absolute atomic E-state index is 12.7. The SMILES string of the molecule is Cc1ccc(-c2nnn(CC(=O)N3CCCC(N4CCNCC4=O)C3)n2)cc1. The number of aromatic nitrogens is 4. The van der Waals surface area contributed by atoms with Crippen LogP contribution in [-0.4, -0.2) is 80.6 Å². The molecule has 0 aliphatic carbocycles. The van der Waals surface area contributed by atoms with Crippen molar-refractivity contribution in [3.63, 3.8) is 0 Å². The molecular weight excluding hydrogens is 358 g/mol. The van der Waals surface area contributed by atoms with Crippen LogP contribution in [0.25, 0.3) is 11.4 Å². The van der Waals surface area contributed by atoms with Crippen molar-refractivity contribution in [3.05, 3.63) is 29.8 Å². The molecule has 0 spiro atoms. The number of hydrogen-bond acceptors (Lipinski definition) is 6. The standard InChI is InChI=1S/C19H25N7O2/c1-14-4-6-15(7-5-14)19-21-23-26(22-19)13-18(28)24-9-2-3-16(12-24)25-10-8-20-11-17(25)27/h4-7,16,20H,2-3,8-13H2,1H3. The van der Waals surface area contributed by atoms with Gasteiger partial charge in [-0.15, -0.1) is 10.2 Å². The van der Waals surface area contributed by atoms with Crippen LogP contribution in [0.1, 0.15) is 18.4 Å². The monoisotopic (exact) mass is 383 g/mol. The highest BCUT2D eigenvalue weighted by Gasteiger charge is 2.31. The molecule has 1 aromatic heterocycles. The Hall–Kier alpha value is -2.81. The number of hydrogen-bond donors (Lipinski definition) is 1. The summed E-state index contributed by atoms with van der Waals surface area (Å²) < 4.78 is 0. The first-order valence-corrected chi connectivity index (χ1v) is 9.73. The fourth-order valence-corrected chi connectivity index (χ4v) is 3.79. The second-order valence-corrected chi connectivity index (χ2v) is 7.41. The van der Waals surface area contributed by atoms with Gasteiger partial charge in [0.1, 0.15) is 6.54 Å². The van der Waals surface area contributed by atoms with E-state index < -0.39 is 0 Å². The molecule has 2 amide bonds. The minimum atomic E-state index is -0.0415. The van der Waals surface area contributed by atoms with E-state index in [1.54, 1.807) is 0 Å². The molecule has 4 rings (SSSR count). The van der Waals surface area contributed by atoms with E-state index in [-0.39, 0.29) is 24.4 Å². The molecule has 9 nitrogen and oxygen atoms in total. The molecule has 0 radical (unpaired) electrons. The number of amides is 2. The van der Waals surface area contributed by atoms with E-state index in [9.17, 15) is 9.59 Å². The van der Waals surface area contributed by atoms with Gasteiger partial charge in [-0.05, 0) is 25.0 Å². The maximum atomic E-state index is 12.7. The molecule has 2 aliphatic heterocycles. The van der Waals surface area contributed by atoms with Crippen molar-refractivity contribution >= 4 is 11.8 Å². The highest BCUT2D eigenvalue weighted by Crippen LogP contribution is 2.18. The van der Waals surface area contributed by atoms with Gasteiger partial charge in [0.2, 0.25) is 17.6 Å². The van der Waals surface area contributed by atoms with E-state index in [4.69, 9.17) is 0 Å². The lowest BCUT2D eigenvalue weighted by Gasteiger charge is -2.41. The predicted molar refractivity (Wildman–Crippen MR) is 102 cm³/mol. The molecule has 1 unspecified atom stereocenters. The number of carbonyl (C=O) groups excluding carboxylic acids is 2. The third-order valence-corrected chi connectivity index (χ3v) is 5.36. The molecule has 2 aromatic rings. The number of carbonyl (C=O) groups is 2. The van der Waals surface area contributed by atoms with Gasteiger partial charge in [-0.3, -0.25) is 9.59 Å². The largest absolute Gasteiger partial charge is 0.339 e. The van der Waals surface area contributed by atoms with Crippen LogP contribution in [-0.2, 0) is 16.1 Å². The Morgan fingerprint density at radius 2 is 2.07 bits per heavy atom. The maximum Gasteiger partial charge on any atom is 0.246 e. The summed E-state index contributed by atoms with van der Waals surface area (Å²) in [6.07, 6.45) is 1.84. The summed E-state index contributed by atoms with van der Waals surface area (Å²) in [5.74, 6) is 0.585. The number of tetrazole rings is 1. The molecule has 2 fully saturated rings. The van der Waals surface area contributed by atoms with Crippen LogP contribution in [0.4, 0.5) is 0 Å². The van der Waals surface area contributed by atoms with Crippen molar-refractivity contribution in [2.75, 3.05) is 32.7 Å². The van der Waals surface area contributed by atoms with Crippen LogP contribution in [0.15, 0.2) is 24.3 Å². The number of aryl methyl sites for hydroxylation is 1. The Morgan fingerprint density at radius 1 is 1.25 bits per heavy atom. The number of rotatable bonds is 4. The van der Waals surface area contributed by atoms with Gasteiger partial charge in [-0.2, -0.15) is 4.80 Å². The van der Waals surface area contributed by atoms with E-state index >= 15 is 0 Å². The third-order valence-electron chi connectivity index (χ3n) is 5.36. The van der Waals surface area contributed by atoms with Gasteiger partial charge in [0.15, 0.2) is 0 Å². The lowest BCUT2D eigenvalue weighted by atomic mass is 10.0. The third kappa shape index (κ3) is 4.04. The zero-order valence-corrected chi connectivity index (χ0v) is 16.0. The van der Waals surface area contributed by atoms with Crippen LogP contribution in [0.5, 0.6) is 0 Å². The molecule has 28 heavy (non-hydrogen) atoms. The highest BCUT2D eigenvalue weighted by molar-refractivity contribution is 5.80. The first-order chi connectivity index (χ1) is 13.6. The summed E-state index contributed by atoms with van der Waals surface area (Å²) in [4.78, 5) is 30.0. The van der Waals surface area contributed by atoms with Crippen LogP contribution in [0, 0.1) is 6.92 Å². The van der Waals surface area contributed by atoms with E-state index in [1.165, 1.54) is 4.80 Å². The smallest absolute Gasteiger partial charge is 0.246 e. The van der Waals surface area contributed by atoms with Crippen molar-refractivity contribution in [2.45, 2.75) is 32.4 Å². The summed E-state index contributed by atoms with van der Waals surface area (Å²) in [6, 6.07) is 7.97. The zero-order chi connectivity index (χ0) is 19.5. The van der Waals surface area contributed by atoms with Gasteiger partial charge in [-0.1, -0.05) is 29.8 Å². The second-order valence-electron chi connectivity index (χ2n) is 7.41. The van der Waals surface area contributed by atoms with Crippen LogP contribution in [0.3, 0.4) is 0 Å². The molecule has 2 saturated heterocycles. The number of benzene rings is 1. The van der Waals surface area contributed by atoms with Gasteiger partial charge in [0.25, 0.3) is 0 Å². The van der Waals surface area contributed by atoms with E-state index in [0.717, 1.165) is 30.5 Å². The van der Waals surface area contributed by atoms with Gasteiger partial charge in [-0.25, -0.2) is 0 Å².